The smallest absolute Gasteiger partial charge is 0.271 e. The Balaban J connectivity index is 1.90. The molecule has 1 amide bonds. The molecule has 118 valence electrons. The quantitative estimate of drug-likeness (QED) is 0.867. The van der Waals surface area contributed by atoms with E-state index in [1.54, 1.807) is 11.8 Å². The van der Waals surface area contributed by atoms with Gasteiger partial charge in [-0.05, 0) is 32.9 Å². The number of carbonyl (C=O) groups excluding carboxylic acids is 1. The van der Waals surface area contributed by atoms with Gasteiger partial charge >= 0.3 is 0 Å². The number of morpholine rings is 1. The minimum atomic E-state index is -0.335. The van der Waals surface area contributed by atoms with Crippen LogP contribution in [0.4, 0.5) is 0 Å². The molecule has 0 saturated carbocycles. The molecule has 3 heterocycles. The average molecular weight is 304 g/mol. The van der Waals surface area contributed by atoms with Crippen molar-refractivity contribution >= 4 is 5.91 Å². The molecule has 2 aromatic rings. The van der Waals surface area contributed by atoms with Crippen molar-refractivity contribution in [2.75, 3.05) is 19.8 Å². The minimum absolute atomic E-state index is 0.0390. The summed E-state index contributed by atoms with van der Waals surface area (Å²) < 4.78 is 12.7. The van der Waals surface area contributed by atoms with Crippen molar-refractivity contribution < 1.29 is 14.1 Å². The number of nitrogens with zero attached hydrogens (tertiary/aromatic N) is 4. The molecule has 0 radical (unpaired) electrons. The predicted molar refractivity (Wildman–Crippen MR) is 78.4 cm³/mol. The molecule has 0 unspecified atom stereocenters. The molecule has 0 aliphatic carbocycles. The molecule has 1 saturated heterocycles. The lowest BCUT2D eigenvalue weighted by Gasteiger charge is -2.33. The summed E-state index contributed by atoms with van der Waals surface area (Å²) in [5.74, 6) is 0.939. The standard InChI is InChI=1S/C15H20N4O3/c1-10(2)18-6-4-5-12(18)15(20)19-7-8-21-9-13(19)14-16-11(3)17-22-14/h4-6,10,13H,7-9H2,1-3H3/t13-/m0/s1. The van der Waals surface area contributed by atoms with Crippen LogP contribution in [-0.4, -0.2) is 45.3 Å². The van der Waals surface area contributed by atoms with E-state index in [0.717, 1.165) is 0 Å². The van der Waals surface area contributed by atoms with E-state index in [0.29, 0.717) is 37.2 Å². The molecule has 7 nitrogen and oxygen atoms in total. The van der Waals surface area contributed by atoms with E-state index in [9.17, 15) is 4.79 Å². The largest absolute Gasteiger partial charge is 0.377 e. The van der Waals surface area contributed by atoms with Crippen molar-refractivity contribution in [2.45, 2.75) is 32.9 Å². The Kier molecular flexibility index (Phi) is 3.98. The van der Waals surface area contributed by atoms with Crippen LogP contribution < -0.4 is 0 Å². The maximum absolute atomic E-state index is 12.9. The van der Waals surface area contributed by atoms with Crippen molar-refractivity contribution in [3.8, 4) is 0 Å². The van der Waals surface area contributed by atoms with Crippen molar-refractivity contribution in [3.05, 3.63) is 35.7 Å². The number of amides is 1. The maximum Gasteiger partial charge on any atom is 0.271 e. The minimum Gasteiger partial charge on any atom is -0.377 e. The van der Waals surface area contributed by atoms with Gasteiger partial charge < -0.3 is 18.7 Å². The summed E-state index contributed by atoms with van der Waals surface area (Å²) in [5, 5.41) is 3.81. The van der Waals surface area contributed by atoms with Gasteiger partial charge in [-0.25, -0.2) is 0 Å². The third-order valence-electron chi connectivity index (χ3n) is 3.77. The highest BCUT2D eigenvalue weighted by molar-refractivity contribution is 5.93. The molecule has 22 heavy (non-hydrogen) atoms. The van der Waals surface area contributed by atoms with Crippen LogP contribution in [0, 0.1) is 6.92 Å². The molecule has 1 fully saturated rings. The van der Waals surface area contributed by atoms with Gasteiger partial charge in [0.2, 0.25) is 0 Å². The fraction of sp³-hybridized carbons (Fsp3) is 0.533. The van der Waals surface area contributed by atoms with E-state index in [-0.39, 0.29) is 18.0 Å². The molecule has 0 bridgehead atoms. The summed E-state index contributed by atoms with van der Waals surface area (Å²) in [4.78, 5) is 18.9. The van der Waals surface area contributed by atoms with E-state index < -0.39 is 0 Å². The second kappa shape index (κ2) is 5.92. The Morgan fingerprint density at radius 3 is 2.95 bits per heavy atom. The first-order valence-electron chi connectivity index (χ1n) is 7.43. The SMILES string of the molecule is Cc1noc([C@@H]2COCCN2C(=O)c2cccn2C(C)C)n1. The van der Waals surface area contributed by atoms with Crippen molar-refractivity contribution in [1.29, 1.82) is 0 Å². The number of hydrogen-bond donors (Lipinski definition) is 0. The van der Waals surface area contributed by atoms with Crippen LogP contribution in [0.25, 0.3) is 0 Å². The molecule has 0 N–H and O–H groups in total. The van der Waals surface area contributed by atoms with Crippen LogP contribution in [0.5, 0.6) is 0 Å². The number of aryl methyl sites for hydroxylation is 1. The van der Waals surface area contributed by atoms with Gasteiger partial charge in [0.05, 0.1) is 13.2 Å². The van der Waals surface area contributed by atoms with Crippen LogP contribution in [0.3, 0.4) is 0 Å². The van der Waals surface area contributed by atoms with E-state index in [1.165, 1.54) is 0 Å². The number of carbonyl (C=O) groups is 1. The Morgan fingerprint density at radius 1 is 1.45 bits per heavy atom. The number of aromatic nitrogens is 3. The zero-order valence-corrected chi connectivity index (χ0v) is 13.0. The molecule has 1 aliphatic heterocycles. The van der Waals surface area contributed by atoms with Crippen LogP contribution in [0.2, 0.25) is 0 Å². The highest BCUT2D eigenvalue weighted by Gasteiger charge is 2.34. The van der Waals surface area contributed by atoms with Crippen LogP contribution in [0.15, 0.2) is 22.9 Å². The first-order valence-corrected chi connectivity index (χ1v) is 7.43. The summed E-state index contributed by atoms with van der Waals surface area (Å²) in [6.45, 7) is 7.25. The lowest BCUT2D eigenvalue weighted by Crippen LogP contribution is -2.44. The Hall–Kier alpha value is -2.15. The van der Waals surface area contributed by atoms with E-state index >= 15 is 0 Å². The third-order valence-corrected chi connectivity index (χ3v) is 3.77. The average Bonchev–Trinajstić information content (AvgIpc) is 3.15. The highest BCUT2D eigenvalue weighted by Crippen LogP contribution is 2.25. The Morgan fingerprint density at radius 2 is 2.27 bits per heavy atom. The summed E-state index contributed by atoms with van der Waals surface area (Å²) in [6.07, 6.45) is 1.92. The van der Waals surface area contributed by atoms with Crippen LogP contribution in [-0.2, 0) is 4.74 Å². The first-order chi connectivity index (χ1) is 10.6. The van der Waals surface area contributed by atoms with E-state index in [1.807, 2.05) is 22.9 Å². The van der Waals surface area contributed by atoms with Gasteiger partial charge in [-0.1, -0.05) is 5.16 Å². The maximum atomic E-state index is 12.9. The third kappa shape index (κ3) is 2.64. The fourth-order valence-electron chi connectivity index (χ4n) is 2.67. The van der Waals surface area contributed by atoms with Crippen molar-refractivity contribution in [3.63, 3.8) is 0 Å². The zero-order valence-electron chi connectivity index (χ0n) is 13.0. The molecule has 2 aromatic heterocycles. The van der Waals surface area contributed by atoms with Gasteiger partial charge in [0.1, 0.15) is 11.7 Å². The monoisotopic (exact) mass is 304 g/mol. The second-order valence-corrected chi connectivity index (χ2v) is 5.66. The van der Waals surface area contributed by atoms with Gasteiger partial charge in [0.25, 0.3) is 11.8 Å². The van der Waals surface area contributed by atoms with Gasteiger partial charge in [-0.2, -0.15) is 4.98 Å². The molecule has 0 spiro atoms. The molecule has 0 aromatic carbocycles. The first kappa shape index (κ1) is 14.8. The van der Waals surface area contributed by atoms with Crippen LogP contribution in [0.1, 0.15) is 48.1 Å². The number of rotatable bonds is 3. The molecule has 3 rings (SSSR count). The zero-order chi connectivity index (χ0) is 15.7. The van der Waals surface area contributed by atoms with Gasteiger partial charge in [0, 0.05) is 18.8 Å². The normalized spacial score (nSPS) is 18.9. The molecular weight excluding hydrogens is 284 g/mol. The summed E-state index contributed by atoms with van der Waals surface area (Å²) in [6, 6.07) is 3.62. The predicted octanol–water partition coefficient (Wildman–Crippen LogP) is 1.97. The van der Waals surface area contributed by atoms with Crippen LogP contribution >= 0.6 is 0 Å². The second-order valence-electron chi connectivity index (χ2n) is 5.66. The van der Waals surface area contributed by atoms with Gasteiger partial charge in [-0.3, -0.25) is 4.79 Å². The lowest BCUT2D eigenvalue weighted by atomic mass is 10.2. The molecule has 7 heteroatoms. The Labute approximate surface area is 128 Å². The van der Waals surface area contributed by atoms with E-state index in [4.69, 9.17) is 9.26 Å². The van der Waals surface area contributed by atoms with Crippen molar-refractivity contribution in [2.24, 2.45) is 0 Å². The molecule has 1 aliphatic rings. The topological polar surface area (TPSA) is 73.4 Å². The number of ether oxygens (including phenoxy) is 1. The van der Waals surface area contributed by atoms with Gasteiger partial charge in [-0.15, -0.1) is 0 Å². The summed E-state index contributed by atoms with van der Waals surface area (Å²) in [7, 11) is 0. The summed E-state index contributed by atoms with van der Waals surface area (Å²) in [5.41, 5.74) is 0.665. The fourth-order valence-corrected chi connectivity index (χ4v) is 2.67. The molecule has 1 atom stereocenters. The lowest BCUT2D eigenvalue weighted by molar-refractivity contribution is -0.0124. The summed E-state index contributed by atoms with van der Waals surface area (Å²) >= 11 is 0. The highest BCUT2D eigenvalue weighted by atomic mass is 16.5. The number of hydrogen-bond acceptors (Lipinski definition) is 5. The van der Waals surface area contributed by atoms with Crippen molar-refractivity contribution in [1.82, 2.24) is 19.6 Å². The Bertz CT molecular complexity index is 661. The van der Waals surface area contributed by atoms with E-state index in [2.05, 4.69) is 24.0 Å². The van der Waals surface area contributed by atoms with Gasteiger partial charge in [0.15, 0.2) is 5.82 Å². The molecular formula is C15H20N4O3.